The number of carbonyl (C=O) groups is 1. The number of piperidine rings is 1. The Morgan fingerprint density at radius 2 is 2.03 bits per heavy atom. The summed E-state index contributed by atoms with van der Waals surface area (Å²) in [6.07, 6.45) is 4.35. The molecule has 0 bridgehead atoms. The van der Waals surface area contributed by atoms with Crippen LogP contribution in [0.5, 0.6) is 0 Å². The van der Waals surface area contributed by atoms with Gasteiger partial charge in [0.05, 0.1) is 29.7 Å². The van der Waals surface area contributed by atoms with Crippen LogP contribution in [0.2, 0.25) is 0 Å². The van der Waals surface area contributed by atoms with E-state index in [9.17, 15) is 10.1 Å². The molecule has 3 heterocycles. The van der Waals surface area contributed by atoms with Crippen LogP contribution in [0.3, 0.4) is 0 Å². The Balaban J connectivity index is 1.24. The molecule has 30 heavy (non-hydrogen) atoms. The van der Waals surface area contributed by atoms with Gasteiger partial charge < -0.3 is 14.3 Å². The molecule has 2 aliphatic heterocycles. The van der Waals surface area contributed by atoms with E-state index in [-0.39, 0.29) is 17.6 Å². The van der Waals surface area contributed by atoms with Gasteiger partial charge in [-0.3, -0.25) is 4.79 Å². The molecule has 1 saturated heterocycles. The third kappa shape index (κ3) is 3.07. The number of aromatic nitrogens is 2. The van der Waals surface area contributed by atoms with Gasteiger partial charge in [0, 0.05) is 31.6 Å². The van der Waals surface area contributed by atoms with Crippen LogP contribution in [0.1, 0.15) is 54.8 Å². The predicted molar refractivity (Wildman–Crippen MR) is 111 cm³/mol. The summed E-state index contributed by atoms with van der Waals surface area (Å²) in [5.41, 5.74) is 2.98. The van der Waals surface area contributed by atoms with Crippen molar-refractivity contribution in [3.8, 4) is 6.07 Å². The summed E-state index contributed by atoms with van der Waals surface area (Å²) >= 11 is 0. The second kappa shape index (κ2) is 6.69. The molecule has 7 heteroatoms. The van der Waals surface area contributed by atoms with Gasteiger partial charge in [-0.1, -0.05) is 23.4 Å². The van der Waals surface area contributed by atoms with E-state index in [0.717, 1.165) is 30.8 Å². The SMILES string of the molecule is C[C@@H](c1ccccc1C#N)n1cnc(C(=O)N2C[C@@H]3C(C4=NOC(C)(C)C4)[C@@H]3C2)c1. The lowest BCUT2D eigenvalue weighted by atomic mass is 9.98. The number of rotatable bonds is 4. The fourth-order valence-electron chi connectivity index (χ4n) is 4.99. The number of hydrogen-bond acceptors (Lipinski definition) is 5. The van der Waals surface area contributed by atoms with E-state index in [1.807, 2.05) is 40.7 Å². The molecule has 154 valence electrons. The molecule has 4 atom stereocenters. The van der Waals surface area contributed by atoms with Gasteiger partial charge in [0.25, 0.3) is 5.91 Å². The van der Waals surface area contributed by atoms with Crippen molar-refractivity contribution >= 4 is 11.6 Å². The summed E-state index contributed by atoms with van der Waals surface area (Å²) in [7, 11) is 0. The van der Waals surface area contributed by atoms with Crippen LogP contribution >= 0.6 is 0 Å². The first kappa shape index (κ1) is 18.9. The molecule has 1 saturated carbocycles. The van der Waals surface area contributed by atoms with Crippen molar-refractivity contribution in [2.24, 2.45) is 22.9 Å². The van der Waals surface area contributed by atoms with Crippen molar-refractivity contribution in [2.75, 3.05) is 13.1 Å². The highest BCUT2D eigenvalue weighted by molar-refractivity contribution is 5.94. The first-order chi connectivity index (χ1) is 14.4. The summed E-state index contributed by atoms with van der Waals surface area (Å²) in [5, 5.41) is 13.7. The topological polar surface area (TPSA) is 83.5 Å². The fourth-order valence-corrected chi connectivity index (χ4v) is 4.99. The second-order valence-corrected chi connectivity index (χ2v) is 9.26. The average molecular weight is 403 g/mol. The van der Waals surface area contributed by atoms with E-state index in [1.54, 1.807) is 12.5 Å². The van der Waals surface area contributed by atoms with Gasteiger partial charge in [0.1, 0.15) is 11.3 Å². The van der Waals surface area contributed by atoms with Crippen molar-refractivity contribution in [3.05, 3.63) is 53.6 Å². The minimum Gasteiger partial charge on any atom is -0.389 e. The summed E-state index contributed by atoms with van der Waals surface area (Å²) in [4.78, 5) is 24.8. The third-order valence-corrected chi connectivity index (χ3v) is 6.68. The Labute approximate surface area is 175 Å². The number of likely N-dealkylation sites (tertiary alicyclic amines) is 1. The van der Waals surface area contributed by atoms with Crippen LogP contribution in [0.25, 0.3) is 0 Å². The second-order valence-electron chi connectivity index (χ2n) is 9.26. The lowest BCUT2D eigenvalue weighted by Gasteiger charge is -2.19. The molecule has 1 unspecified atom stereocenters. The number of imidazole rings is 1. The number of carbonyl (C=O) groups excluding carboxylic acids is 1. The highest BCUT2D eigenvalue weighted by Crippen LogP contribution is 2.54. The van der Waals surface area contributed by atoms with E-state index < -0.39 is 0 Å². The fraction of sp³-hybridized carbons (Fsp3) is 0.478. The number of oxime groups is 1. The van der Waals surface area contributed by atoms with Crippen molar-refractivity contribution in [1.29, 1.82) is 5.26 Å². The molecule has 1 aliphatic carbocycles. The standard InChI is InChI=1S/C23H25N5O2/c1-14(16-7-5-4-6-15(16)9-24)28-12-20(25-13-28)22(29)27-10-17-18(11-27)21(17)19-8-23(2,3)30-26-19/h4-7,12-14,17-18,21H,8,10-11H2,1-3H3/t14-,17-,18+,21?/m0/s1. The number of benzene rings is 1. The van der Waals surface area contributed by atoms with Gasteiger partial charge in [0.2, 0.25) is 0 Å². The van der Waals surface area contributed by atoms with Gasteiger partial charge in [-0.25, -0.2) is 4.98 Å². The lowest BCUT2D eigenvalue weighted by molar-refractivity contribution is 0.0123. The van der Waals surface area contributed by atoms with Crippen molar-refractivity contribution in [1.82, 2.24) is 14.5 Å². The van der Waals surface area contributed by atoms with E-state index in [0.29, 0.717) is 29.0 Å². The number of amides is 1. The van der Waals surface area contributed by atoms with Gasteiger partial charge in [-0.2, -0.15) is 5.26 Å². The molecule has 0 N–H and O–H groups in total. The lowest BCUT2D eigenvalue weighted by Crippen LogP contribution is -2.33. The van der Waals surface area contributed by atoms with Gasteiger partial charge >= 0.3 is 0 Å². The van der Waals surface area contributed by atoms with E-state index in [1.165, 1.54) is 0 Å². The van der Waals surface area contributed by atoms with Crippen LogP contribution in [0.4, 0.5) is 0 Å². The van der Waals surface area contributed by atoms with E-state index in [2.05, 4.69) is 30.1 Å². The first-order valence-corrected chi connectivity index (χ1v) is 10.4. The van der Waals surface area contributed by atoms with Crippen LogP contribution in [0, 0.1) is 29.1 Å². The first-order valence-electron chi connectivity index (χ1n) is 10.4. The predicted octanol–water partition coefficient (Wildman–Crippen LogP) is 3.24. The highest BCUT2D eigenvalue weighted by Gasteiger charge is 2.60. The Bertz CT molecular complexity index is 1070. The summed E-state index contributed by atoms with van der Waals surface area (Å²) in [5.74, 6) is 1.43. The number of nitrogens with zero attached hydrogens (tertiary/aromatic N) is 5. The Kier molecular flexibility index (Phi) is 4.21. The number of hydrogen-bond donors (Lipinski definition) is 0. The summed E-state index contributed by atoms with van der Waals surface area (Å²) in [6.45, 7) is 7.64. The Morgan fingerprint density at radius 1 is 1.30 bits per heavy atom. The van der Waals surface area contributed by atoms with Crippen molar-refractivity contribution < 1.29 is 9.63 Å². The minimum atomic E-state index is -0.199. The highest BCUT2D eigenvalue weighted by atomic mass is 16.7. The monoisotopic (exact) mass is 403 g/mol. The summed E-state index contributed by atoms with van der Waals surface area (Å²) in [6, 6.07) is 9.68. The van der Waals surface area contributed by atoms with Crippen LogP contribution in [-0.4, -0.2) is 44.8 Å². The molecule has 0 spiro atoms. The largest absolute Gasteiger partial charge is 0.389 e. The van der Waals surface area contributed by atoms with E-state index in [4.69, 9.17) is 4.84 Å². The van der Waals surface area contributed by atoms with Crippen molar-refractivity contribution in [3.63, 3.8) is 0 Å². The quantitative estimate of drug-likeness (QED) is 0.785. The molecule has 1 aromatic heterocycles. The molecule has 2 aromatic rings. The normalized spacial score (nSPS) is 27.1. The molecular weight excluding hydrogens is 378 g/mol. The van der Waals surface area contributed by atoms with Crippen LogP contribution < -0.4 is 0 Å². The Morgan fingerprint density at radius 3 is 2.70 bits per heavy atom. The maximum absolute atomic E-state index is 13.0. The average Bonchev–Trinajstić information content (AvgIpc) is 3.17. The zero-order chi connectivity index (χ0) is 21.0. The zero-order valence-electron chi connectivity index (χ0n) is 17.4. The minimum absolute atomic E-state index is 0.0228. The van der Waals surface area contributed by atoms with E-state index >= 15 is 0 Å². The molecule has 1 aromatic carbocycles. The van der Waals surface area contributed by atoms with Crippen LogP contribution in [-0.2, 0) is 4.84 Å². The summed E-state index contributed by atoms with van der Waals surface area (Å²) < 4.78 is 1.90. The van der Waals surface area contributed by atoms with Crippen molar-refractivity contribution in [2.45, 2.75) is 38.8 Å². The molecule has 7 nitrogen and oxygen atoms in total. The Hall–Kier alpha value is -3.14. The molecular formula is C23H25N5O2. The molecule has 3 aliphatic rings. The van der Waals surface area contributed by atoms with Gasteiger partial charge in [-0.15, -0.1) is 0 Å². The molecule has 0 radical (unpaired) electrons. The zero-order valence-corrected chi connectivity index (χ0v) is 17.4. The number of fused-ring (bicyclic) bond motifs is 1. The molecule has 5 rings (SSSR count). The number of nitriles is 1. The van der Waals surface area contributed by atoms with Crippen LogP contribution in [0.15, 0.2) is 41.9 Å². The molecule has 1 amide bonds. The maximum Gasteiger partial charge on any atom is 0.274 e. The van der Waals surface area contributed by atoms with Gasteiger partial charge in [0.15, 0.2) is 0 Å². The smallest absolute Gasteiger partial charge is 0.274 e. The molecule has 2 fully saturated rings. The third-order valence-electron chi connectivity index (χ3n) is 6.68. The van der Waals surface area contributed by atoms with Gasteiger partial charge in [-0.05, 0) is 44.2 Å². The maximum atomic E-state index is 13.0.